The molecule has 0 bridgehead atoms. The summed E-state index contributed by atoms with van der Waals surface area (Å²) in [5.74, 6) is 0.891. The van der Waals surface area contributed by atoms with Crippen LogP contribution in [0, 0.1) is 0 Å². The molecule has 1 aromatic rings. The summed E-state index contributed by atoms with van der Waals surface area (Å²) in [7, 11) is 1.69. The van der Waals surface area contributed by atoms with Gasteiger partial charge in [-0.25, -0.2) is 0 Å². The van der Waals surface area contributed by atoms with Crippen molar-refractivity contribution in [3.05, 3.63) is 35.4 Å². The van der Waals surface area contributed by atoms with Crippen molar-refractivity contribution in [2.45, 2.75) is 26.3 Å². The molecule has 0 aromatic heterocycles. The average molecular weight is 363 g/mol. The maximum absolute atomic E-state index is 5.46. The van der Waals surface area contributed by atoms with Gasteiger partial charge in [-0.2, -0.15) is 0 Å². The molecule has 0 amide bonds. The Bertz CT molecular complexity index is 536. The van der Waals surface area contributed by atoms with Gasteiger partial charge in [0.25, 0.3) is 0 Å². The lowest BCUT2D eigenvalue weighted by Crippen LogP contribution is -2.42. The minimum atomic E-state index is 0.647. The van der Waals surface area contributed by atoms with Crippen molar-refractivity contribution in [2.75, 3.05) is 59.7 Å². The molecule has 1 aliphatic rings. The van der Waals surface area contributed by atoms with Crippen LogP contribution in [0.1, 0.15) is 24.5 Å². The number of nitrogens with one attached hydrogen (secondary N) is 2. The van der Waals surface area contributed by atoms with Crippen LogP contribution in [0.15, 0.2) is 29.3 Å². The van der Waals surface area contributed by atoms with Crippen LogP contribution in [-0.2, 0) is 22.4 Å². The summed E-state index contributed by atoms with van der Waals surface area (Å²) in [6.07, 6.45) is 2.07. The van der Waals surface area contributed by atoms with E-state index in [1.54, 1.807) is 7.11 Å². The first kappa shape index (κ1) is 20.7. The molecule has 1 aromatic carbocycles. The van der Waals surface area contributed by atoms with E-state index >= 15 is 0 Å². The Hall–Kier alpha value is -1.63. The highest BCUT2D eigenvalue weighted by atomic mass is 16.5. The largest absolute Gasteiger partial charge is 0.382 e. The number of methoxy groups -OCH3 is 1. The van der Waals surface area contributed by atoms with Gasteiger partial charge in [0.05, 0.1) is 13.2 Å². The van der Waals surface area contributed by atoms with Gasteiger partial charge in [-0.05, 0) is 30.9 Å². The molecule has 0 spiro atoms. The van der Waals surface area contributed by atoms with Gasteiger partial charge in [-0.1, -0.05) is 24.3 Å². The second-order valence-electron chi connectivity index (χ2n) is 6.44. The first-order valence-corrected chi connectivity index (χ1v) is 9.71. The van der Waals surface area contributed by atoms with Gasteiger partial charge in [0.2, 0.25) is 0 Å². The number of hydrogen-bond acceptors (Lipinski definition) is 4. The standard InChI is InChI=1S/C20H34N4O2/c1-3-21-20(22-10-6-14-26-16-15-25-2)23-11-13-24-12-9-18-7-4-5-8-19(18)17-24/h4-5,7-8H,3,6,9-17H2,1-2H3,(H2,21,22,23). The maximum atomic E-state index is 5.46. The van der Waals surface area contributed by atoms with E-state index in [1.165, 1.54) is 11.1 Å². The van der Waals surface area contributed by atoms with Gasteiger partial charge in [-0.15, -0.1) is 0 Å². The van der Waals surface area contributed by atoms with Gasteiger partial charge in [-0.3, -0.25) is 9.89 Å². The molecule has 0 saturated carbocycles. The minimum absolute atomic E-state index is 0.647. The zero-order valence-electron chi connectivity index (χ0n) is 16.3. The number of ether oxygens (including phenoxy) is 2. The van der Waals surface area contributed by atoms with Crippen LogP contribution in [0.2, 0.25) is 0 Å². The zero-order chi connectivity index (χ0) is 18.5. The summed E-state index contributed by atoms with van der Waals surface area (Å²) in [4.78, 5) is 7.12. The predicted molar refractivity (Wildman–Crippen MR) is 107 cm³/mol. The lowest BCUT2D eigenvalue weighted by molar-refractivity contribution is 0.0702. The van der Waals surface area contributed by atoms with E-state index in [9.17, 15) is 0 Å². The van der Waals surface area contributed by atoms with Crippen molar-refractivity contribution >= 4 is 5.96 Å². The molecular formula is C20H34N4O2. The molecule has 146 valence electrons. The fourth-order valence-corrected chi connectivity index (χ4v) is 3.02. The van der Waals surface area contributed by atoms with Crippen LogP contribution in [-0.4, -0.2) is 70.5 Å². The van der Waals surface area contributed by atoms with Crippen molar-refractivity contribution in [3.8, 4) is 0 Å². The second kappa shape index (κ2) is 12.7. The number of hydrogen-bond donors (Lipinski definition) is 2. The van der Waals surface area contributed by atoms with Gasteiger partial charge >= 0.3 is 0 Å². The van der Waals surface area contributed by atoms with E-state index in [0.717, 1.165) is 64.7 Å². The highest BCUT2D eigenvalue weighted by molar-refractivity contribution is 5.79. The van der Waals surface area contributed by atoms with E-state index < -0.39 is 0 Å². The molecule has 0 unspecified atom stereocenters. The van der Waals surface area contributed by atoms with E-state index in [0.29, 0.717) is 13.2 Å². The van der Waals surface area contributed by atoms with Crippen LogP contribution in [0.5, 0.6) is 0 Å². The summed E-state index contributed by atoms with van der Waals surface area (Å²) in [5, 5.41) is 6.75. The smallest absolute Gasteiger partial charge is 0.191 e. The third kappa shape index (κ3) is 7.72. The Labute approximate surface area is 158 Å². The highest BCUT2D eigenvalue weighted by Gasteiger charge is 2.14. The van der Waals surface area contributed by atoms with Crippen molar-refractivity contribution in [3.63, 3.8) is 0 Å². The first-order chi connectivity index (χ1) is 12.8. The average Bonchev–Trinajstić information content (AvgIpc) is 2.67. The minimum Gasteiger partial charge on any atom is -0.382 e. The van der Waals surface area contributed by atoms with Gasteiger partial charge in [0.15, 0.2) is 5.96 Å². The molecule has 0 saturated heterocycles. The molecular weight excluding hydrogens is 328 g/mol. The fourth-order valence-electron chi connectivity index (χ4n) is 3.02. The highest BCUT2D eigenvalue weighted by Crippen LogP contribution is 2.17. The van der Waals surface area contributed by atoms with Crippen molar-refractivity contribution in [1.82, 2.24) is 15.5 Å². The molecule has 0 aliphatic carbocycles. The first-order valence-electron chi connectivity index (χ1n) is 9.71. The summed E-state index contributed by atoms with van der Waals surface area (Å²) in [6, 6.07) is 8.77. The van der Waals surface area contributed by atoms with Crippen LogP contribution in [0.4, 0.5) is 0 Å². The molecule has 6 heteroatoms. The molecule has 6 nitrogen and oxygen atoms in total. The summed E-state index contributed by atoms with van der Waals surface area (Å²) < 4.78 is 10.4. The van der Waals surface area contributed by atoms with Crippen molar-refractivity contribution in [1.29, 1.82) is 0 Å². The number of rotatable bonds is 11. The molecule has 0 atom stereocenters. The van der Waals surface area contributed by atoms with Gasteiger partial charge in [0.1, 0.15) is 0 Å². The Morgan fingerprint density at radius 3 is 2.81 bits per heavy atom. The fraction of sp³-hybridized carbons (Fsp3) is 0.650. The quantitative estimate of drug-likeness (QED) is 0.356. The molecule has 2 N–H and O–H groups in total. The van der Waals surface area contributed by atoms with Crippen LogP contribution in [0.25, 0.3) is 0 Å². The Balaban J connectivity index is 1.64. The zero-order valence-corrected chi connectivity index (χ0v) is 16.3. The Morgan fingerprint density at radius 2 is 2.00 bits per heavy atom. The lowest BCUT2D eigenvalue weighted by atomic mass is 10.00. The SMILES string of the molecule is CCNC(=NCCCOCCOC)NCCN1CCc2ccccc2C1. The lowest BCUT2D eigenvalue weighted by Gasteiger charge is -2.28. The maximum Gasteiger partial charge on any atom is 0.191 e. The van der Waals surface area contributed by atoms with Gasteiger partial charge < -0.3 is 20.1 Å². The third-order valence-electron chi connectivity index (χ3n) is 4.42. The molecule has 0 fully saturated rings. The molecule has 0 radical (unpaired) electrons. The van der Waals surface area contributed by atoms with E-state index in [2.05, 4.69) is 51.7 Å². The number of fused-ring (bicyclic) bond motifs is 1. The monoisotopic (exact) mass is 362 g/mol. The molecule has 1 aliphatic heterocycles. The topological polar surface area (TPSA) is 58.1 Å². The number of benzene rings is 1. The van der Waals surface area contributed by atoms with E-state index in [1.807, 2.05) is 0 Å². The second-order valence-corrected chi connectivity index (χ2v) is 6.44. The van der Waals surface area contributed by atoms with Crippen LogP contribution >= 0.6 is 0 Å². The third-order valence-corrected chi connectivity index (χ3v) is 4.42. The molecule has 2 rings (SSSR count). The van der Waals surface area contributed by atoms with E-state index in [4.69, 9.17) is 9.47 Å². The number of aliphatic imine (C=N–C) groups is 1. The molecule has 1 heterocycles. The van der Waals surface area contributed by atoms with Crippen molar-refractivity contribution in [2.24, 2.45) is 4.99 Å². The van der Waals surface area contributed by atoms with E-state index in [-0.39, 0.29) is 0 Å². The summed E-state index contributed by atoms with van der Waals surface area (Å²) >= 11 is 0. The number of guanidine groups is 1. The number of nitrogens with zero attached hydrogens (tertiary/aromatic N) is 2. The van der Waals surface area contributed by atoms with Gasteiger partial charge in [0, 0.05) is 53.0 Å². The summed E-state index contributed by atoms with van der Waals surface area (Å²) in [6.45, 7) is 9.84. The normalized spacial score (nSPS) is 14.9. The van der Waals surface area contributed by atoms with Crippen molar-refractivity contribution < 1.29 is 9.47 Å². The van der Waals surface area contributed by atoms with Crippen LogP contribution in [0.3, 0.4) is 0 Å². The van der Waals surface area contributed by atoms with Crippen LogP contribution < -0.4 is 10.6 Å². The Kier molecular flexibility index (Phi) is 10.1. The molecule has 26 heavy (non-hydrogen) atoms. The summed E-state index contributed by atoms with van der Waals surface area (Å²) in [5.41, 5.74) is 2.96. The predicted octanol–water partition coefficient (Wildman–Crippen LogP) is 1.65. The Morgan fingerprint density at radius 1 is 1.15 bits per heavy atom.